The Morgan fingerprint density at radius 2 is 2.16 bits per heavy atom. The quantitative estimate of drug-likeness (QED) is 0.572. The van der Waals surface area contributed by atoms with Crippen LogP contribution in [0, 0.1) is 13.8 Å². The first-order valence-electron chi connectivity index (χ1n) is 5.88. The van der Waals surface area contributed by atoms with Crippen LogP contribution in [0.3, 0.4) is 0 Å². The third-order valence-corrected chi connectivity index (χ3v) is 2.74. The highest BCUT2D eigenvalue weighted by atomic mass is 16.5. The molecule has 1 amide bonds. The molecule has 0 atom stereocenters. The summed E-state index contributed by atoms with van der Waals surface area (Å²) >= 11 is 0. The SMILES string of the molecule is Cc1cc(CNC(=O)c2ccc(NN)cc2C)no1. The van der Waals surface area contributed by atoms with Gasteiger partial charge in [0.1, 0.15) is 11.5 Å². The van der Waals surface area contributed by atoms with E-state index in [2.05, 4.69) is 15.9 Å². The number of rotatable bonds is 4. The Balaban J connectivity index is 2.03. The van der Waals surface area contributed by atoms with Crippen molar-refractivity contribution in [3.05, 3.63) is 46.8 Å². The Labute approximate surface area is 110 Å². The number of nitrogen functional groups attached to an aromatic ring is 1. The molecule has 19 heavy (non-hydrogen) atoms. The number of aromatic nitrogens is 1. The first-order chi connectivity index (χ1) is 9.10. The van der Waals surface area contributed by atoms with Crippen LogP contribution in [-0.4, -0.2) is 11.1 Å². The van der Waals surface area contributed by atoms with Crippen molar-refractivity contribution in [3.8, 4) is 0 Å². The van der Waals surface area contributed by atoms with Gasteiger partial charge in [0.05, 0.1) is 6.54 Å². The summed E-state index contributed by atoms with van der Waals surface area (Å²) in [6, 6.07) is 7.08. The van der Waals surface area contributed by atoms with E-state index in [9.17, 15) is 4.79 Å². The molecule has 6 nitrogen and oxygen atoms in total. The van der Waals surface area contributed by atoms with E-state index in [0.717, 1.165) is 17.0 Å². The summed E-state index contributed by atoms with van der Waals surface area (Å²) in [4.78, 5) is 12.0. The summed E-state index contributed by atoms with van der Waals surface area (Å²) in [5, 5.41) is 6.61. The molecule has 0 aliphatic carbocycles. The Morgan fingerprint density at radius 3 is 2.74 bits per heavy atom. The van der Waals surface area contributed by atoms with Gasteiger partial charge in [0, 0.05) is 17.3 Å². The molecule has 0 saturated carbocycles. The van der Waals surface area contributed by atoms with Crippen molar-refractivity contribution in [2.45, 2.75) is 20.4 Å². The number of carbonyl (C=O) groups excluding carboxylic acids is 1. The monoisotopic (exact) mass is 260 g/mol. The maximum absolute atomic E-state index is 12.0. The van der Waals surface area contributed by atoms with E-state index in [4.69, 9.17) is 10.4 Å². The lowest BCUT2D eigenvalue weighted by Gasteiger charge is -2.08. The molecule has 0 spiro atoms. The van der Waals surface area contributed by atoms with Gasteiger partial charge in [0.25, 0.3) is 5.91 Å². The molecule has 1 aromatic heterocycles. The lowest BCUT2D eigenvalue weighted by Crippen LogP contribution is -2.23. The largest absolute Gasteiger partial charge is 0.361 e. The number of anilines is 1. The van der Waals surface area contributed by atoms with E-state index in [1.165, 1.54) is 0 Å². The van der Waals surface area contributed by atoms with Gasteiger partial charge in [-0.2, -0.15) is 0 Å². The first kappa shape index (κ1) is 13.1. The van der Waals surface area contributed by atoms with Gasteiger partial charge in [-0.3, -0.25) is 10.6 Å². The molecule has 0 bridgehead atoms. The van der Waals surface area contributed by atoms with Crippen LogP contribution in [-0.2, 0) is 6.54 Å². The summed E-state index contributed by atoms with van der Waals surface area (Å²) in [7, 11) is 0. The van der Waals surface area contributed by atoms with Crippen LogP contribution in [0.1, 0.15) is 27.4 Å². The van der Waals surface area contributed by atoms with Gasteiger partial charge in [0.2, 0.25) is 0 Å². The summed E-state index contributed by atoms with van der Waals surface area (Å²) < 4.78 is 4.93. The molecule has 6 heteroatoms. The number of hydrogen-bond donors (Lipinski definition) is 3. The fraction of sp³-hybridized carbons (Fsp3) is 0.231. The molecular weight excluding hydrogens is 244 g/mol. The smallest absolute Gasteiger partial charge is 0.251 e. The van der Waals surface area contributed by atoms with Gasteiger partial charge in [-0.05, 0) is 37.6 Å². The van der Waals surface area contributed by atoms with Crippen molar-refractivity contribution in [2.75, 3.05) is 5.43 Å². The number of aryl methyl sites for hydroxylation is 2. The number of hydrogen-bond acceptors (Lipinski definition) is 5. The predicted molar refractivity (Wildman–Crippen MR) is 71.4 cm³/mol. The van der Waals surface area contributed by atoms with Crippen LogP contribution in [0.15, 0.2) is 28.8 Å². The first-order valence-corrected chi connectivity index (χ1v) is 5.88. The van der Waals surface area contributed by atoms with Crippen LogP contribution in [0.25, 0.3) is 0 Å². The number of hydrazine groups is 1. The zero-order chi connectivity index (χ0) is 13.8. The Bertz CT molecular complexity index is 592. The zero-order valence-electron chi connectivity index (χ0n) is 10.9. The number of nitrogens with zero attached hydrogens (tertiary/aromatic N) is 1. The van der Waals surface area contributed by atoms with E-state index >= 15 is 0 Å². The van der Waals surface area contributed by atoms with Crippen molar-refractivity contribution >= 4 is 11.6 Å². The Hall–Kier alpha value is -2.34. The second-order valence-corrected chi connectivity index (χ2v) is 4.29. The van der Waals surface area contributed by atoms with Gasteiger partial charge >= 0.3 is 0 Å². The standard InChI is InChI=1S/C13H16N4O2/c1-8-5-10(16-14)3-4-12(8)13(18)15-7-11-6-9(2)19-17-11/h3-6,16H,7,14H2,1-2H3,(H,15,18). The minimum absolute atomic E-state index is 0.151. The molecule has 100 valence electrons. The predicted octanol–water partition coefficient (Wildman–Crippen LogP) is 1.51. The molecule has 0 aliphatic rings. The molecule has 0 fully saturated rings. The summed E-state index contributed by atoms with van der Waals surface area (Å²) in [5.41, 5.74) is 5.46. The van der Waals surface area contributed by atoms with Gasteiger partial charge in [0.15, 0.2) is 0 Å². The van der Waals surface area contributed by atoms with Crippen molar-refractivity contribution in [1.29, 1.82) is 0 Å². The molecule has 4 N–H and O–H groups in total. The van der Waals surface area contributed by atoms with E-state index in [-0.39, 0.29) is 5.91 Å². The van der Waals surface area contributed by atoms with Gasteiger partial charge in [-0.25, -0.2) is 0 Å². The van der Waals surface area contributed by atoms with E-state index < -0.39 is 0 Å². The van der Waals surface area contributed by atoms with Crippen LogP contribution < -0.4 is 16.6 Å². The highest BCUT2D eigenvalue weighted by molar-refractivity contribution is 5.96. The molecule has 2 rings (SSSR count). The Morgan fingerprint density at radius 1 is 1.37 bits per heavy atom. The van der Waals surface area contributed by atoms with E-state index in [0.29, 0.717) is 17.8 Å². The van der Waals surface area contributed by atoms with Gasteiger partial charge in [-0.15, -0.1) is 0 Å². The Kier molecular flexibility index (Phi) is 3.82. The van der Waals surface area contributed by atoms with Crippen molar-refractivity contribution < 1.29 is 9.32 Å². The third kappa shape index (κ3) is 3.11. The highest BCUT2D eigenvalue weighted by Crippen LogP contribution is 2.14. The molecule has 0 saturated heterocycles. The zero-order valence-corrected chi connectivity index (χ0v) is 10.9. The molecule has 1 aromatic carbocycles. The molecule has 0 unspecified atom stereocenters. The number of amides is 1. The number of carbonyl (C=O) groups is 1. The van der Waals surface area contributed by atoms with Crippen molar-refractivity contribution in [1.82, 2.24) is 10.5 Å². The third-order valence-electron chi connectivity index (χ3n) is 2.74. The maximum Gasteiger partial charge on any atom is 0.251 e. The maximum atomic E-state index is 12.0. The summed E-state index contributed by atoms with van der Waals surface area (Å²) in [5.74, 6) is 5.88. The fourth-order valence-electron chi connectivity index (χ4n) is 1.78. The van der Waals surface area contributed by atoms with Gasteiger partial charge < -0.3 is 15.3 Å². The number of benzene rings is 1. The van der Waals surface area contributed by atoms with Crippen molar-refractivity contribution in [3.63, 3.8) is 0 Å². The minimum atomic E-state index is -0.151. The number of nitrogens with two attached hydrogens (primary N) is 1. The van der Waals surface area contributed by atoms with E-state index in [1.54, 1.807) is 25.1 Å². The minimum Gasteiger partial charge on any atom is -0.361 e. The second-order valence-electron chi connectivity index (χ2n) is 4.29. The van der Waals surface area contributed by atoms with Crippen LogP contribution in [0.4, 0.5) is 5.69 Å². The topological polar surface area (TPSA) is 93.2 Å². The second kappa shape index (κ2) is 5.53. The lowest BCUT2D eigenvalue weighted by molar-refractivity contribution is 0.0949. The summed E-state index contributed by atoms with van der Waals surface area (Å²) in [6.45, 7) is 4.00. The van der Waals surface area contributed by atoms with Crippen molar-refractivity contribution in [2.24, 2.45) is 5.84 Å². The lowest BCUT2D eigenvalue weighted by atomic mass is 10.1. The van der Waals surface area contributed by atoms with Gasteiger partial charge in [-0.1, -0.05) is 5.16 Å². The molecule has 0 radical (unpaired) electrons. The van der Waals surface area contributed by atoms with Crippen LogP contribution >= 0.6 is 0 Å². The van der Waals surface area contributed by atoms with Crippen LogP contribution in [0.2, 0.25) is 0 Å². The normalized spacial score (nSPS) is 10.3. The highest BCUT2D eigenvalue weighted by Gasteiger charge is 2.10. The average molecular weight is 260 g/mol. The average Bonchev–Trinajstić information content (AvgIpc) is 2.81. The fourth-order valence-corrected chi connectivity index (χ4v) is 1.78. The van der Waals surface area contributed by atoms with E-state index in [1.807, 2.05) is 13.0 Å². The molecular formula is C13H16N4O2. The molecule has 1 heterocycles. The molecule has 0 aliphatic heterocycles. The van der Waals surface area contributed by atoms with Crippen LogP contribution in [0.5, 0.6) is 0 Å². The number of nitrogens with one attached hydrogen (secondary N) is 2. The summed E-state index contributed by atoms with van der Waals surface area (Å²) in [6.07, 6.45) is 0. The molecule has 2 aromatic rings.